The first-order valence-corrected chi connectivity index (χ1v) is 4.34. The summed E-state index contributed by atoms with van der Waals surface area (Å²) in [4.78, 5) is 4.26. The third-order valence-corrected chi connectivity index (χ3v) is 1.54. The van der Waals surface area contributed by atoms with Crippen molar-refractivity contribution in [2.75, 3.05) is 0 Å². The fourth-order valence-electron chi connectivity index (χ4n) is 1.06. The third kappa shape index (κ3) is 2.00. The van der Waals surface area contributed by atoms with Crippen LogP contribution in [0.5, 0.6) is 6.01 Å². The molecule has 0 amide bonds. The molecule has 0 N–H and O–H groups in total. The van der Waals surface area contributed by atoms with Crippen LogP contribution in [0.1, 0.15) is 26.5 Å². The number of aromatic nitrogens is 2. The first kappa shape index (κ1) is 9.10. The number of nitrogens with zero attached hydrogens (tertiary/aromatic N) is 2. The van der Waals surface area contributed by atoms with Crippen LogP contribution < -0.4 is 4.74 Å². The Kier molecular flexibility index (Phi) is 2.74. The second-order valence-corrected chi connectivity index (χ2v) is 3.12. The van der Waals surface area contributed by atoms with Gasteiger partial charge in [0.05, 0.1) is 11.8 Å². The Labute approximate surface area is 73.4 Å². The quantitative estimate of drug-likeness (QED) is 0.690. The predicted molar refractivity (Wildman–Crippen MR) is 48.4 cm³/mol. The molecule has 1 aromatic rings. The molecule has 12 heavy (non-hydrogen) atoms. The van der Waals surface area contributed by atoms with E-state index in [0.29, 0.717) is 0 Å². The third-order valence-electron chi connectivity index (χ3n) is 1.54. The van der Waals surface area contributed by atoms with E-state index in [2.05, 4.69) is 11.9 Å². The molecule has 1 rings (SSSR count). The van der Waals surface area contributed by atoms with Crippen LogP contribution in [-0.4, -0.2) is 15.7 Å². The van der Waals surface area contributed by atoms with Crippen LogP contribution in [-0.2, 0) is 6.54 Å². The standard InChI is InChI=1S/C9H16N2O/c1-5-11-6-8(4)10-9(11)12-7(2)3/h6-7H,5H2,1-4H3. The van der Waals surface area contributed by atoms with Gasteiger partial charge < -0.3 is 9.30 Å². The highest BCUT2D eigenvalue weighted by Gasteiger charge is 2.06. The zero-order valence-corrected chi connectivity index (χ0v) is 8.16. The summed E-state index contributed by atoms with van der Waals surface area (Å²) < 4.78 is 7.52. The maximum absolute atomic E-state index is 5.51. The highest BCUT2D eigenvalue weighted by atomic mass is 16.5. The lowest BCUT2D eigenvalue weighted by Gasteiger charge is -2.09. The van der Waals surface area contributed by atoms with E-state index in [9.17, 15) is 0 Å². The maximum atomic E-state index is 5.51. The van der Waals surface area contributed by atoms with Crippen molar-refractivity contribution >= 4 is 0 Å². The molecule has 68 valence electrons. The summed E-state index contributed by atoms with van der Waals surface area (Å²) >= 11 is 0. The summed E-state index contributed by atoms with van der Waals surface area (Å²) in [5, 5.41) is 0. The molecule has 0 aliphatic carbocycles. The number of aryl methyl sites for hydroxylation is 2. The van der Waals surface area contributed by atoms with Crippen LogP contribution in [0.2, 0.25) is 0 Å². The molecule has 0 fully saturated rings. The Morgan fingerprint density at radius 3 is 2.75 bits per heavy atom. The van der Waals surface area contributed by atoms with Crippen molar-refractivity contribution in [3.63, 3.8) is 0 Å². The molecule has 0 saturated heterocycles. The molecule has 0 aromatic carbocycles. The minimum Gasteiger partial charge on any atom is -0.462 e. The molecule has 0 atom stereocenters. The normalized spacial score (nSPS) is 10.8. The lowest BCUT2D eigenvalue weighted by Crippen LogP contribution is -2.10. The van der Waals surface area contributed by atoms with Gasteiger partial charge in [0.15, 0.2) is 0 Å². The van der Waals surface area contributed by atoms with Gasteiger partial charge in [0.1, 0.15) is 0 Å². The zero-order valence-electron chi connectivity index (χ0n) is 8.16. The Morgan fingerprint density at radius 2 is 2.25 bits per heavy atom. The first-order valence-electron chi connectivity index (χ1n) is 4.34. The molecular formula is C9H16N2O. The minimum absolute atomic E-state index is 0.192. The van der Waals surface area contributed by atoms with Crippen LogP contribution in [0.25, 0.3) is 0 Å². The van der Waals surface area contributed by atoms with E-state index >= 15 is 0 Å². The number of imidazole rings is 1. The van der Waals surface area contributed by atoms with Gasteiger partial charge in [-0.05, 0) is 27.7 Å². The summed E-state index contributed by atoms with van der Waals surface area (Å²) in [5.74, 6) is 0. The predicted octanol–water partition coefficient (Wildman–Crippen LogP) is 2.00. The first-order chi connectivity index (χ1) is 5.63. The van der Waals surface area contributed by atoms with Gasteiger partial charge in [-0.3, -0.25) is 0 Å². The number of hydrogen-bond donors (Lipinski definition) is 0. The molecule has 1 aromatic heterocycles. The van der Waals surface area contributed by atoms with Gasteiger partial charge >= 0.3 is 0 Å². The molecule has 0 bridgehead atoms. The largest absolute Gasteiger partial charge is 0.462 e. The summed E-state index contributed by atoms with van der Waals surface area (Å²) in [6, 6.07) is 0.727. The SMILES string of the molecule is CCn1cc(C)nc1OC(C)C. The van der Waals surface area contributed by atoms with Crippen LogP contribution in [0.15, 0.2) is 6.20 Å². The van der Waals surface area contributed by atoms with Gasteiger partial charge in [0, 0.05) is 12.7 Å². The highest BCUT2D eigenvalue weighted by Crippen LogP contribution is 2.12. The van der Waals surface area contributed by atoms with Gasteiger partial charge in [-0.15, -0.1) is 0 Å². The second-order valence-electron chi connectivity index (χ2n) is 3.12. The van der Waals surface area contributed by atoms with E-state index < -0.39 is 0 Å². The summed E-state index contributed by atoms with van der Waals surface area (Å²) in [6.07, 6.45) is 2.19. The van der Waals surface area contributed by atoms with E-state index in [1.807, 2.05) is 31.5 Å². The number of ether oxygens (including phenoxy) is 1. The Balaban J connectivity index is 2.81. The Morgan fingerprint density at radius 1 is 1.58 bits per heavy atom. The van der Waals surface area contributed by atoms with Gasteiger partial charge in [-0.2, -0.15) is 0 Å². The molecular weight excluding hydrogens is 152 g/mol. The van der Waals surface area contributed by atoms with Crippen LogP contribution in [0, 0.1) is 6.92 Å². The van der Waals surface area contributed by atoms with Crippen molar-refractivity contribution in [3.8, 4) is 6.01 Å². The van der Waals surface area contributed by atoms with Crippen molar-refractivity contribution in [1.29, 1.82) is 0 Å². The molecule has 0 spiro atoms. The van der Waals surface area contributed by atoms with Crippen LogP contribution in [0.4, 0.5) is 0 Å². The van der Waals surface area contributed by atoms with Crippen molar-refractivity contribution in [2.24, 2.45) is 0 Å². The van der Waals surface area contributed by atoms with E-state index in [-0.39, 0.29) is 6.10 Å². The van der Waals surface area contributed by atoms with Gasteiger partial charge in [0.2, 0.25) is 0 Å². The van der Waals surface area contributed by atoms with E-state index in [1.54, 1.807) is 0 Å². The highest BCUT2D eigenvalue weighted by molar-refractivity contribution is 5.06. The van der Waals surface area contributed by atoms with Crippen LogP contribution in [0.3, 0.4) is 0 Å². The van der Waals surface area contributed by atoms with E-state index in [0.717, 1.165) is 18.2 Å². The smallest absolute Gasteiger partial charge is 0.296 e. The molecule has 0 radical (unpaired) electrons. The molecule has 1 heterocycles. The summed E-state index contributed by atoms with van der Waals surface area (Å²) in [7, 11) is 0. The zero-order chi connectivity index (χ0) is 9.14. The number of rotatable bonds is 3. The van der Waals surface area contributed by atoms with Gasteiger partial charge in [-0.25, -0.2) is 4.98 Å². The topological polar surface area (TPSA) is 27.1 Å². The molecule has 0 aliphatic heterocycles. The summed E-state index contributed by atoms with van der Waals surface area (Å²) in [6.45, 7) is 8.96. The molecule has 3 heteroatoms. The van der Waals surface area contributed by atoms with Crippen molar-refractivity contribution < 1.29 is 4.74 Å². The molecule has 0 saturated carbocycles. The fourth-order valence-corrected chi connectivity index (χ4v) is 1.06. The van der Waals surface area contributed by atoms with Crippen molar-refractivity contribution in [1.82, 2.24) is 9.55 Å². The van der Waals surface area contributed by atoms with Crippen LogP contribution >= 0.6 is 0 Å². The minimum atomic E-state index is 0.192. The van der Waals surface area contributed by atoms with Gasteiger partial charge in [-0.1, -0.05) is 0 Å². The van der Waals surface area contributed by atoms with Crippen molar-refractivity contribution in [3.05, 3.63) is 11.9 Å². The monoisotopic (exact) mass is 168 g/mol. The lowest BCUT2D eigenvalue weighted by atomic mass is 10.5. The summed E-state index contributed by atoms with van der Waals surface area (Å²) in [5.41, 5.74) is 1.01. The number of hydrogen-bond acceptors (Lipinski definition) is 2. The lowest BCUT2D eigenvalue weighted by molar-refractivity contribution is 0.212. The second kappa shape index (κ2) is 3.61. The molecule has 0 aliphatic rings. The van der Waals surface area contributed by atoms with Crippen molar-refractivity contribution in [2.45, 2.75) is 40.3 Å². The van der Waals surface area contributed by atoms with Gasteiger partial charge in [0.25, 0.3) is 6.01 Å². The fraction of sp³-hybridized carbons (Fsp3) is 0.667. The van der Waals surface area contributed by atoms with E-state index in [1.165, 1.54) is 0 Å². The maximum Gasteiger partial charge on any atom is 0.296 e. The average molecular weight is 168 g/mol. The average Bonchev–Trinajstić information content (AvgIpc) is 2.29. The molecule has 3 nitrogen and oxygen atoms in total. The Bertz CT molecular complexity index is 253. The Hall–Kier alpha value is -0.990. The van der Waals surface area contributed by atoms with E-state index in [4.69, 9.17) is 4.74 Å². The molecule has 0 unspecified atom stereocenters.